The summed E-state index contributed by atoms with van der Waals surface area (Å²) in [5.74, 6) is 0.654. The van der Waals surface area contributed by atoms with Crippen LogP contribution >= 0.6 is 0 Å². The van der Waals surface area contributed by atoms with Crippen molar-refractivity contribution < 1.29 is 4.74 Å². The number of nitrogens with one attached hydrogen (secondary N) is 1. The molecule has 2 rings (SSSR count). The maximum Gasteiger partial charge on any atom is 0.0771 e. The molecular formula is C12H21N3O. The van der Waals surface area contributed by atoms with Crippen molar-refractivity contribution in [2.24, 2.45) is 5.92 Å². The van der Waals surface area contributed by atoms with Crippen LogP contribution in [0.4, 0.5) is 5.69 Å². The van der Waals surface area contributed by atoms with Crippen molar-refractivity contribution in [3.05, 3.63) is 12.4 Å². The average molecular weight is 223 g/mol. The maximum absolute atomic E-state index is 5.58. The molecule has 1 unspecified atom stereocenters. The Morgan fingerprint density at radius 3 is 3.19 bits per heavy atom. The molecule has 0 amide bonds. The molecule has 1 fully saturated rings. The van der Waals surface area contributed by atoms with E-state index in [1.165, 1.54) is 6.42 Å². The van der Waals surface area contributed by atoms with E-state index < -0.39 is 0 Å². The zero-order chi connectivity index (χ0) is 11.4. The first-order valence-corrected chi connectivity index (χ1v) is 6.12. The summed E-state index contributed by atoms with van der Waals surface area (Å²) in [6.07, 6.45) is 6.65. The number of rotatable bonds is 5. The van der Waals surface area contributed by atoms with Crippen molar-refractivity contribution >= 4 is 5.69 Å². The van der Waals surface area contributed by atoms with E-state index >= 15 is 0 Å². The van der Waals surface area contributed by atoms with Gasteiger partial charge in [-0.3, -0.25) is 4.68 Å². The van der Waals surface area contributed by atoms with Crippen molar-refractivity contribution in [3.8, 4) is 0 Å². The summed E-state index contributed by atoms with van der Waals surface area (Å²) in [5.41, 5.74) is 1.10. The third-order valence-electron chi connectivity index (χ3n) is 2.76. The normalized spacial score (nSPS) is 20.6. The van der Waals surface area contributed by atoms with Gasteiger partial charge in [-0.05, 0) is 18.8 Å². The van der Waals surface area contributed by atoms with Gasteiger partial charge in [-0.1, -0.05) is 13.8 Å². The molecule has 90 valence electrons. The molecular weight excluding hydrogens is 202 g/mol. The van der Waals surface area contributed by atoms with Crippen molar-refractivity contribution in [2.75, 3.05) is 18.5 Å². The molecule has 16 heavy (non-hydrogen) atoms. The van der Waals surface area contributed by atoms with Gasteiger partial charge in [0.1, 0.15) is 0 Å². The zero-order valence-electron chi connectivity index (χ0n) is 10.1. The van der Waals surface area contributed by atoms with Crippen LogP contribution in [-0.2, 0) is 11.3 Å². The quantitative estimate of drug-likeness (QED) is 0.831. The summed E-state index contributed by atoms with van der Waals surface area (Å²) in [6.45, 7) is 7.17. The highest BCUT2D eigenvalue weighted by Gasteiger charge is 2.16. The van der Waals surface area contributed by atoms with Gasteiger partial charge in [0.2, 0.25) is 0 Å². The van der Waals surface area contributed by atoms with E-state index in [-0.39, 0.29) is 0 Å². The fourth-order valence-corrected chi connectivity index (χ4v) is 1.87. The number of hydrogen-bond donors (Lipinski definition) is 1. The van der Waals surface area contributed by atoms with E-state index in [0.717, 1.165) is 31.8 Å². The third kappa shape index (κ3) is 3.23. The molecule has 1 aliphatic rings. The summed E-state index contributed by atoms with van der Waals surface area (Å²) in [6, 6.07) is 0. The van der Waals surface area contributed by atoms with Crippen LogP contribution < -0.4 is 5.32 Å². The second kappa shape index (κ2) is 5.34. The maximum atomic E-state index is 5.58. The van der Waals surface area contributed by atoms with Gasteiger partial charge in [-0.15, -0.1) is 0 Å². The molecule has 0 aliphatic carbocycles. The van der Waals surface area contributed by atoms with Crippen LogP contribution in [0, 0.1) is 5.92 Å². The van der Waals surface area contributed by atoms with Crippen molar-refractivity contribution in [1.82, 2.24) is 9.78 Å². The topological polar surface area (TPSA) is 39.1 Å². The van der Waals surface area contributed by atoms with Crippen LogP contribution in [0.25, 0.3) is 0 Å². The highest BCUT2D eigenvalue weighted by atomic mass is 16.5. The predicted molar refractivity (Wildman–Crippen MR) is 64.5 cm³/mol. The Labute approximate surface area is 97.0 Å². The summed E-state index contributed by atoms with van der Waals surface area (Å²) in [7, 11) is 0. The van der Waals surface area contributed by atoms with Crippen molar-refractivity contribution in [2.45, 2.75) is 39.3 Å². The molecule has 1 aromatic rings. The van der Waals surface area contributed by atoms with Gasteiger partial charge >= 0.3 is 0 Å². The van der Waals surface area contributed by atoms with Crippen LogP contribution in [0.1, 0.15) is 26.7 Å². The van der Waals surface area contributed by atoms with Crippen LogP contribution in [0.2, 0.25) is 0 Å². The van der Waals surface area contributed by atoms with Gasteiger partial charge in [0, 0.05) is 19.3 Å². The standard InChI is InChI=1S/C12H21N3O/c1-10(2)6-13-11-7-14-15(8-11)9-12-4-3-5-16-12/h7-8,10,12-13H,3-6,9H2,1-2H3. The predicted octanol–water partition coefficient (Wildman–Crippen LogP) is 2.13. The van der Waals surface area contributed by atoms with Gasteiger partial charge in [-0.2, -0.15) is 5.10 Å². The minimum absolute atomic E-state index is 0.359. The fourth-order valence-electron chi connectivity index (χ4n) is 1.87. The van der Waals surface area contributed by atoms with Gasteiger partial charge in [0.25, 0.3) is 0 Å². The van der Waals surface area contributed by atoms with E-state index in [4.69, 9.17) is 4.74 Å². The molecule has 0 radical (unpaired) electrons. The Morgan fingerprint density at radius 1 is 1.62 bits per heavy atom. The number of nitrogens with zero attached hydrogens (tertiary/aromatic N) is 2. The fraction of sp³-hybridized carbons (Fsp3) is 0.750. The first-order chi connectivity index (χ1) is 7.74. The summed E-state index contributed by atoms with van der Waals surface area (Å²) < 4.78 is 7.55. The molecule has 1 N–H and O–H groups in total. The number of hydrogen-bond acceptors (Lipinski definition) is 3. The van der Waals surface area contributed by atoms with E-state index in [2.05, 4.69) is 30.5 Å². The van der Waals surface area contributed by atoms with E-state index in [0.29, 0.717) is 12.0 Å². The molecule has 4 heteroatoms. The molecule has 1 aromatic heterocycles. The summed E-state index contributed by atoms with van der Waals surface area (Å²) >= 11 is 0. The number of anilines is 1. The molecule has 0 spiro atoms. The average Bonchev–Trinajstić information content (AvgIpc) is 2.87. The van der Waals surface area contributed by atoms with Gasteiger partial charge in [0.05, 0.1) is 24.5 Å². The Morgan fingerprint density at radius 2 is 2.50 bits per heavy atom. The molecule has 1 saturated heterocycles. The molecule has 1 aliphatic heterocycles. The second-order valence-corrected chi connectivity index (χ2v) is 4.86. The molecule has 4 nitrogen and oxygen atoms in total. The van der Waals surface area contributed by atoms with Crippen molar-refractivity contribution in [1.29, 1.82) is 0 Å². The van der Waals surface area contributed by atoms with Gasteiger partial charge < -0.3 is 10.1 Å². The van der Waals surface area contributed by atoms with Crippen LogP contribution in [0.3, 0.4) is 0 Å². The van der Waals surface area contributed by atoms with Crippen molar-refractivity contribution in [3.63, 3.8) is 0 Å². The van der Waals surface area contributed by atoms with Gasteiger partial charge in [-0.25, -0.2) is 0 Å². The molecule has 0 aromatic carbocycles. The lowest BCUT2D eigenvalue weighted by atomic mass is 10.2. The Balaban J connectivity index is 1.81. The van der Waals surface area contributed by atoms with Gasteiger partial charge in [0.15, 0.2) is 0 Å². The Hall–Kier alpha value is -1.03. The zero-order valence-corrected chi connectivity index (χ0v) is 10.1. The lowest BCUT2D eigenvalue weighted by molar-refractivity contribution is 0.0940. The van der Waals surface area contributed by atoms with Crippen LogP contribution in [0.5, 0.6) is 0 Å². The number of ether oxygens (including phenoxy) is 1. The number of aromatic nitrogens is 2. The Bertz CT molecular complexity index is 316. The highest BCUT2D eigenvalue weighted by Crippen LogP contribution is 2.15. The SMILES string of the molecule is CC(C)CNc1cnn(CC2CCCO2)c1. The smallest absolute Gasteiger partial charge is 0.0771 e. The summed E-state index contributed by atoms with van der Waals surface area (Å²) in [5, 5.41) is 7.70. The largest absolute Gasteiger partial charge is 0.382 e. The van der Waals surface area contributed by atoms with Crippen LogP contribution in [0.15, 0.2) is 12.4 Å². The minimum atomic E-state index is 0.359. The Kier molecular flexibility index (Phi) is 3.83. The second-order valence-electron chi connectivity index (χ2n) is 4.86. The van der Waals surface area contributed by atoms with Crippen LogP contribution in [-0.4, -0.2) is 29.0 Å². The lowest BCUT2D eigenvalue weighted by Gasteiger charge is -2.09. The molecule has 0 bridgehead atoms. The van der Waals surface area contributed by atoms with E-state index in [9.17, 15) is 0 Å². The lowest BCUT2D eigenvalue weighted by Crippen LogP contribution is -2.15. The minimum Gasteiger partial charge on any atom is -0.382 e. The monoisotopic (exact) mass is 223 g/mol. The van der Waals surface area contributed by atoms with E-state index in [1.54, 1.807) is 0 Å². The molecule has 0 saturated carbocycles. The summed E-state index contributed by atoms with van der Waals surface area (Å²) in [4.78, 5) is 0. The van der Waals surface area contributed by atoms with E-state index in [1.807, 2.05) is 10.9 Å². The highest BCUT2D eigenvalue weighted by molar-refractivity contribution is 5.37. The first kappa shape index (κ1) is 11.5. The third-order valence-corrected chi connectivity index (χ3v) is 2.76. The first-order valence-electron chi connectivity index (χ1n) is 6.12. The molecule has 1 atom stereocenters. The molecule has 2 heterocycles.